The maximum absolute atomic E-state index is 12.7. The van der Waals surface area contributed by atoms with Crippen molar-refractivity contribution in [2.45, 2.75) is 26.2 Å². The summed E-state index contributed by atoms with van der Waals surface area (Å²) in [6, 6.07) is 7.89. The van der Waals surface area contributed by atoms with Gasteiger partial charge in [0.2, 0.25) is 0 Å². The minimum atomic E-state index is 0.0383. The van der Waals surface area contributed by atoms with E-state index < -0.39 is 0 Å². The molecule has 0 atom stereocenters. The third-order valence-corrected chi connectivity index (χ3v) is 5.40. The molecule has 1 aromatic carbocycles. The third-order valence-electron chi connectivity index (χ3n) is 5.40. The van der Waals surface area contributed by atoms with Gasteiger partial charge in [-0.05, 0) is 49.8 Å². The number of likely N-dealkylation sites (tertiary alicyclic amines) is 1. The Balaban J connectivity index is 1.53. The number of piperidine rings is 1. The fourth-order valence-electron chi connectivity index (χ4n) is 3.88. The summed E-state index contributed by atoms with van der Waals surface area (Å²) in [5, 5.41) is 4.47. The van der Waals surface area contributed by atoms with Crippen LogP contribution in [0.5, 0.6) is 0 Å². The SMILES string of the molecule is Cc1cccc2cc(C(=O)N3CCC4(CCNC4)CC3)oc12. The molecule has 1 spiro atoms. The van der Waals surface area contributed by atoms with E-state index in [9.17, 15) is 4.79 Å². The van der Waals surface area contributed by atoms with Crippen LogP contribution >= 0.6 is 0 Å². The first-order chi connectivity index (χ1) is 10.7. The van der Waals surface area contributed by atoms with Crippen LogP contribution in [0.4, 0.5) is 0 Å². The summed E-state index contributed by atoms with van der Waals surface area (Å²) < 4.78 is 5.83. The van der Waals surface area contributed by atoms with Crippen LogP contribution in [0, 0.1) is 12.3 Å². The maximum atomic E-state index is 12.7. The Labute approximate surface area is 130 Å². The highest BCUT2D eigenvalue weighted by molar-refractivity contribution is 5.96. The molecule has 2 aliphatic heterocycles. The summed E-state index contributed by atoms with van der Waals surface area (Å²) in [6.45, 7) is 5.93. The number of fused-ring (bicyclic) bond motifs is 1. The fourth-order valence-corrected chi connectivity index (χ4v) is 3.88. The highest BCUT2D eigenvalue weighted by Crippen LogP contribution is 2.37. The second-order valence-electron chi connectivity index (χ2n) is 6.82. The lowest BCUT2D eigenvalue weighted by Gasteiger charge is -2.38. The zero-order chi connectivity index (χ0) is 15.2. The number of carbonyl (C=O) groups is 1. The zero-order valence-corrected chi connectivity index (χ0v) is 13.0. The standard InChI is InChI=1S/C18H22N2O2/c1-13-3-2-4-14-11-15(22-16(13)14)17(21)20-9-6-18(7-10-20)5-8-19-12-18/h2-4,11,19H,5-10,12H2,1H3. The average Bonchev–Trinajstić information content (AvgIpc) is 3.15. The van der Waals surface area contributed by atoms with E-state index in [1.165, 1.54) is 6.42 Å². The number of rotatable bonds is 1. The number of carbonyl (C=O) groups excluding carboxylic acids is 1. The molecule has 4 nitrogen and oxygen atoms in total. The molecule has 22 heavy (non-hydrogen) atoms. The lowest BCUT2D eigenvalue weighted by atomic mass is 9.78. The first-order valence-electron chi connectivity index (χ1n) is 8.16. The topological polar surface area (TPSA) is 45.5 Å². The predicted molar refractivity (Wildman–Crippen MR) is 86.0 cm³/mol. The van der Waals surface area contributed by atoms with E-state index in [0.29, 0.717) is 11.2 Å². The van der Waals surface area contributed by atoms with Crippen LogP contribution in [-0.4, -0.2) is 37.0 Å². The number of furan rings is 1. The van der Waals surface area contributed by atoms with E-state index in [1.54, 1.807) is 0 Å². The Morgan fingerprint density at radius 3 is 2.77 bits per heavy atom. The van der Waals surface area contributed by atoms with Gasteiger partial charge in [0.1, 0.15) is 5.58 Å². The number of benzene rings is 1. The number of nitrogens with zero attached hydrogens (tertiary/aromatic N) is 1. The van der Waals surface area contributed by atoms with Gasteiger partial charge in [0.15, 0.2) is 5.76 Å². The van der Waals surface area contributed by atoms with Gasteiger partial charge in [-0.1, -0.05) is 18.2 Å². The summed E-state index contributed by atoms with van der Waals surface area (Å²) in [7, 11) is 0. The van der Waals surface area contributed by atoms with Crippen LogP contribution in [0.3, 0.4) is 0 Å². The smallest absolute Gasteiger partial charge is 0.289 e. The number of nitrogens with one attached hydrogen (secondary N) is 1. The van der Waals surface area contributed by atoms with Gasteiger partial charge in [0.05, 0.1) is 0 Å². The monoisotopic (exact) mass is 298 g/mol. The van der Waals surface area contributed by atoms with Crippen LogP contribution in [-0.2, 0) is 0 Å². The van der Waals surface area contributed by atoms with Crippen molar-refractivity contribution in [1.82, 2.24) is 10.2 Å². The number of amides is 1. The van der Waals surface area contributed by atoms with Crippen molar-refractivity contribution < 1.29 is 9.21 Å². The largest absolute Gasteiger partial charge is 0.451 e. The van der Waals surface area contributed by atoms with Gasteiger partial charge in [-0.3, -0.25) is 4.79 Å². The number of para-hydroxylation sites is 1. The van der Waals surface area contributed by atoms with Gasteiger partial charge in [-0.2, -0.15) is 0 Å². The molecule has 0 radical (unpaired) electrons. The Morgan fingerprint density at radius 1 is 1.27 bits per heavy atom. The van der Waals surface area contributed by atoms with Crippen molar-refractivity contribution in [3.8, 4) is 0 Å². The molecule has 2 aromatic rings. The van der Waals surface area contributed by atoms with Gasteiger partial charge < -0.3 is 14.6 Å². The molecule has 2 saturated heterocycles. The Kier molecular flexibility index (Phi) is 3.22. The zero-order valence-electron chi connectivity index (χ0n) is 13.0. The molecule has 1 N–H and O–H groups in total. The summed E-state index contributed by atoms with van der Waals surface area (Å²) in [5.74, 6) is 0.515. The minimum absolute atomic E-state index is 0.0383. The van der Waals surface area contributed by atoms with E-state index in [4.69, 9.17) is 4.42 Å². The Bertz CT molecular complexity index is 703. The Hall–Kier alpha value is -1.81. The molecule has 4 heteroatoms. The first-order valence-corrected chi connectivity index (χ1v) is 8.16. The average molecular weight is 298 g/mol. The minimum Gasteiger partial charge on any atom is -0.451 e. The van der Waals surface area contributed by atoms with E-state index in [2.05, 4.69) is 5.32 Å². The van der Waals surface area contributed by atoms with E-state index in [1.807, 2.05) is 36.1 Å². The van der Waals surface area contributed by atoms with Crippen molar-refractivity contribution >= 4 is 16.9 Å². The quantitative estimate of drug-likeness (QED) is 0.880. The van der Waals surface area contributed by atoms with Crippen molar-refractivity contribution in [2.24, 2.45) is 5.41 Å². The van der Waals surface area contributed by atoms with Crippen LogP contribution in [0.15, 0.2) is 28.7 Å². The van der Waals surface area contributed by atoms with Gasteiger partial charge in [-0.25, -0.2) is 0 Å². The molecule has 4 rings (SSSR count). The lowest BCUT2D eigenvalue weighted by molar-refractivity contribution is 0.0579. The molecular weight excluding hydrogens is 276 g/mol. The molecule has 0 bridgehead atoms. The molecule has 2 fully saturated rings. The third kappa shape index (κ3) is 2.22. The van der Waals surface area contributed by atoms with E-state index >= 15 is 0 Å². The van der Waals surface area contributed by atoms with Crippen molar-refractivity contribution in [3.63, 3.8) is 0 Å². The maximum Gasteiger partial charge on any atom is 0.289 e. The van der Waals surface area contributed by atoms with Gasteiger partial charge in [-0.15, -0.1) is 0 Å². The van der Waals surface area contributed by atoms with Crippen molar-refractivity contribution in [2.75, 3.05) is 26.2 Å². The van der Waals surface area contributed by atoms with Gasteiger partial charge in [0.25, 0.3) is 5.91 Å². The van der Waals surface area contributed by atoms with Crippen molar-refractivity contribution in [3.05, 3.63) is 35.6 Å². The Morgan fingerprint density at radius 2 is 2.09 bits per heavy atom. The molecule has 116 valence electrons. The number of hydrogen-bond donors (Lipinski definition) is 1. The van der Waals surface area contributed by atoms with Crippen LogP contribution in [0.25, 0.3) is 11.0 Å². The highest BCUT2D eigenvalue weighted by Gasteiger charge is 2.38. The van der Waals surface area contributed by atoms with Gasteiger partial charge in [0, 0.05) is 25.0 Å². The molecule has 2 aliphatic rings. The van der Waals surface area contributed by atoms with E-state index in [0.717, 1.165) is 55.6 Å². The number of hydrogen-bond acceptors (Lipinski definition) is 3. The second kappa shape index (κ2) is 5.13. The number of aryl methyl sites for hydroxylation is 1. The van der Waals surface area contributed by atoms with Crippen molar-refractivity contribution in [1.29, 1.82) is 0 Å². The molecule has 0 aliphatic carbocycles. The van der Waals surface area contributed by atoms with E-state index in [-0.39, 0.29) is 5.91 Å². The summed E-state index contributed by atoms with van der Waals surface area (Å²) in [6.07, 6.45) is 3.45. The normalized spacial score (nSPS) is 20.9. The molecule has 3 heterocycles. The molecule has 1 aromatic heterocycles. The summed E-state index contributed by atoms with van der Waals surface area (Å²) >= 11 is 0. The van der Waals surface area contributed by atoms with Gasteiger partial charge >= 0.3 is 0 Å². The second-order valence-corrected chi connectivity index (χ2v) is 6.82. The lowest BCUT2D eigenvalue weighted by Crippen LogP contribution is -2.43. The highest BCUT2D eigenvalue weighted by atomic mass is 16.3. The summed E-state index contributed by atoms with van der Waals surface area (Å²) in [4.78, 5) is 14.7. The first kappa shape index (κ1) is 13.8. The summed E-state index contributed by atoms with van der Waals surface area (Å²) in [5.41, 5.74) is 2.34. The molecule has 0 unspecified atom stereocenters. The molecule has 1 amide bonds. The fraction of sp³-hybridized carbons (Fsp3) is 0.500. The molecular formula is C18H22N2O2. The van der Waals surface area contributed by atoms with Crippen LogP contribution in [0.1, 0.15) is 35.4 Å². The molecule has 0 saturated carbocycles. The van der Waals surface area contributed by atoms with Crippen LogP contribution < -0.4 is 5.32 Å². The van der Waals surface area contributed by atoms with Crippen LogP contribution in [0.2, 0.25) is 0 Å². The predicted octanol–water partition coefficient (Wildman–Crippen LogP) is 2.96.